The molecule has 0 fully saturated rings. The van der Waals surface area contributed by atoms with E-state index in [1.165, 1.54) is 0 Å². The first-order valence-electron chi connectivity index (χ1n) is 7.46. The predicted octanol–water partition coefficient (Wildman–Crippen LogP) is 3.90. The SMILES string of the molecule is COC(C)(C)CC(C)Nc1cccc(NC(=O)C(C)C)c1. The van der Waals surface area contributed by atoms with E-state index in [9.17, 15) is 4.79 Å². The van der Waals surface area contributed by atoms with Gasteiger partial charge < -0.3 is 15.4 Å². The highest BCUT2D eigenvalue weighted by Gasteiger charge is 2.20. The number of methoxy groups -OCH3 is 1. The summed E-state index contributed by atoms with van der Waals surface area (Å²) in [5.41, 5.74) is 1.66. The third-order valence-corrected chi connectivity index (χ3v) is 3.42. The smallest absolute Gasteiger partial charge is 0.226 e. The van der Waals surface area contributed by atoms with E-state index in [-0.39, 0.29) is 23.5 Å². The van der Waals surface area contributed by atoms with Gasteiger partial charge >= 0.3 is 0 Å². The molecule has 0 saturated heterocycles. The van der Waals surface area contributed by atoms with Gasteiger partial charge in [0, 0.05) is 30.4 Å². The Balaban J connectivity index is 2.66. The van der Waals surface area contributed by atoms with Crippen LogP contribution in [0.25, 0.3) is 0 Å². The van der Waals surface area contributed by atoms with E-state index < -0.39 is 0 Å². The fourth-order valence-electron chi connectivity index (χ4n) is 2.13. The summed E-state index contributed by atoms with van der Waals surface area (Å²) in [6.07, 6.45) is 0.895. The number of nitrogens with one attached hydrogen (secondary N) is 2. The van der Waals surface area contributed by atoms with Crippen molar-refractivity contribution in [2.75, 3.05) is 17.7 Å². The third kappa shape index (κ3) is 6.17. The van der Waals surface area contributed by atoms with E-state index in [4.69, 9.17) is 4.74 Å². The molecular formula is C17H28N2O2. The van der Waals surface area contributed by atoms with Crippen LogP contribution in [0.15, 0.2) is 24.3 Å². The van der Waals surface area contributed by atoms with Crippen LogP contribution in [0, 0.1) is 5.92 Å². The molecule has 118 valence electrons. The molecule has 0 radical (unpaired) electrons. The summed E-state index contributed by atoms with van der Waals surface area (Å²) >= 11 is 0. The highest BCUT2D eigenvalue weighted by molar-refractivity contribution is 5.92. The zero-order valence-electron chi connectivity index (χ0n) is 14.0. The topological polar surface area (TPSA) is 50.4 Å². The molecule has 2 N–H and O–H groups in total. The molecule has 1 aromatic carbocycles. The van der Waals surface area contributed by atoms with Gasteiger partial charge in [0.2, 0.25) is 5.91 Å². The molecule has 0 heterocycles. The molecule has 21 heavy (non-hydrogen) atoms. The summed E-state index contributed by atoms with van der Waals surface area (Å²) < 4.78 is 5.45. The minimum Gasteiger partial charge on any atom is -0.382 e. The van der Waals surface area contributed by atoms with Crippen LogP contribution in [0.1, 0.15) is 41.0 Å². The van der Waals surface area contributed by atoms with E-state index in [0.717, 1.165) is 17.8 Å². The highest BCUT2D eigenvalue weighted by atomic mass is 16.5. The lowest BCUT2D eigenvalue weighted by atomic mass is 9.99. The highest BCUT2D eigenvalue weighted by Crippen LogP contribution is 2.21. The van der Waals surface area contributed by atoms with Gasteiger partial charge in [0.25, 0.3) is 0 Å². The number of amides is 1. The van der Waals surface area contributed by atoms with Crippen LogP contribution >= 0.6 is 0 Å². The van der Waals surface area contributed by atoms with Crippen LogP contribution < -0.4 is 10.6 Å². The quantitative estimate of drug-likeness (QED) is 0.801. The number of carbonyl (C=O) groups is 1. The van der Waals surface area contributed by atoms with Crippen molar-refractivity contribution in [2.24, 2.45) is 5.92 Å². The molecule has 1 unspecified atom stereocenters. The lowest BCUT2D eigenvalue weighted by molar-refractivity contribution is -0.118. The molecule has 0 aromatic heterocycles. The van der Waals surface area contributed by atoms with E-state index in [0.29, 0.717) is 0 Å². The number of ether oxygens (including phenoxy) is 1. The molecular weight excluding hydrogens is 264 g/mol. The number of carbonyl (C=O) groups excluding carboxylic acids is 1. The molecule has 1 rings (SSSR count). The van der Waals surface area contributed by atoms with Crippen LogP contribution in [-0.2, 0) is 9.53 Å². The largest absolute Gasteiger partial charge is 0.382 e. The molecule has 4 heteroatoms. The third-order valence-electron chi connectivity index (χ3n) is 3.42. The Morgan fingerprint density at radius 3 is 2.43 bits per heavy atom. The molecule has 0 aliphatic carbocycles. The standard InChI is InChI=1S/C17H28N2O2/c1-12(2)16(20)19-15-9-7-8-14(10-15)18-13(3)11-17(4,5)21-6/h7-10,12-13,18H,11H2,1-6H3,(H,19,20). The zero-order chi connectivity index (χ0) is 16.0. The van der Waals surface area contributed by atoms with Crippen molar-refractivity contribution < 1.29 is 9.53 Å². The normalized spacial score (nSPS) is 13.1. The van der Waals surface area contributed by atoms with Gasteiger partial charge in [0.15, 0.2) is 0 Å². The first-order chi connectivity index (χ1) is 9.73. The molecule has 1 aromatic rings. The summed E-state index contributed by atoms with van der Waals surface area (Å²) in [6, 6.07) is 8.07. The maximum Gasteiger partial charge on any atom is 0.226 e. The van der Waals surface area contributed by atoms with Crippen molar-refractivity contribution in [1.29, 1.82) is 0 Å². The first-order valence-corrected chi connectivity index (χ1v) is 7.46. The number of hydrogen-bond acceptors (Lipinski definition) is 3. The van der Waals surface area contributed by atoms with Crippen molar-refractivity contribution >= 4 is 17.3 Å². The maximum absolute atomic E-state index is 11.7. The average molecular weight is 292 g/mol. The maximum atomic E-state index is 11.7. The van der Waals surface area contributed by atoms with E-state index in [1.807, 2.05) is 38.1 Å². The summed E-state index contributed by atoms with van der Waals surface area (Å²) in [5, 5.41) is 6.35. The van der Waals surface area contributed by atoms with Crippen molar-refractivity contribution in [1.82, 2.24) is 0 Å². The molecule has 4 nitrogen and oxygen atoms in total. The summed E-state index contributed by atoms with van der Waals surface area (Å²) in [5.74, 6) is 0.00348. The summed E-state index contributed by atoms with van der Waals surface area (Å²) in [7, 11) is 1.73. The fourth-order valence-corrected chi connectivity index (χ4v) is 2.13. The van der Waals surface area contributed by atoms with Crippen LogP contribution in [0.4, 0.5) is 11.4 Å². The van der Waals surface area contributed by atoms with Gasteiger partial charge in [-0.1, -0.05) is 19.9 Å². The van der Waals surface area contributed by atoms with Crippen molar-refractivity contribution in [3.8, 4) is 0 Å². The van der Waals surface area contributed by atoms with Crippen LogP contribution in [0.5, 0.6) is 0 Å². The van der Waals surface area contributed by atoms with Crippen molar-refractivity contribution in [3.63, 3.8) is 0 Å². The molecule has 0 aliphatic rings. The van der Waals surface area contributed by atoms with Crippen LogP contribution in [-0.4, -0.2) is 24.7 Å². The van der Waals surface area contributed by atoms with E-state index in [2.05, 4.69) is 31.4 Å². The Bertz CT molecular complexity index is 470. The van der Waals surface area contributed by atoms with Gasteiger partial charge in [-0.3, -0.25) is 4.79 Å². The van der Waals surface area contributed by atoms with Gasteiger partial charge in [-0.25, -0.2) is 0 Å². The Labute approximate surface area is 128 Å². The van der Waals surface area contributed by atoms with Gasteiger partial charge in [-0.15, -0.1) is 0 Å². The Kier molecular flexibility index (Phi) is 6.21. The number of rotatable bonds is 7. The van der Waals surface area contributed by atoms with E-state index >= 15 is 0 Å². The summed E-state index contributed by atoms with van der Waals surface area (Å²) in [6.45, 7) is 10.0. The second kappa shape index (κ2) is 7.46. The van der Waals surface area contributed by atoms with Crippen molar-refractivity contribution in [3.05, 3.63) is 24.3 Å². The second-order valence-corrected chi connectivity index (χ2v) is 6.44. The lowest BCUT2D eigenvalue weighted by Gasteiger charge is -2.27. The van der Waals surface area contributed by atoms with E-state index in [1.54, 1.807) is 7.11 Å². The number of anilines is 2. The van der Waals surface area contributed by atoms with Crippen molar-refractivity contribution in [2.45, 2.75) is 52.7 Å². The molecule has 1 amide bonds. The minimum absolute atomic E-state index is 0.0250. The van der Waals surface area contributed by atoms with Crippen LogP contribution in [0.3, 0.4) is 0 Å². The number of hydrogen-bond donors (Lipinski definition) is 2. The molecule has 0 aliphatic heterocycles. The average Bonchev–Trinajstić information content (AvgIpc) is 2.38. The Hall–Kier alpha value is -1.55. The Morgan fingerprint density at radius 2 is 1.86 bits per heavy atom. The fraction of sp³-hybridized carbons (Fsp3) is 0.588. The number of benzene rings is 1. The first kappa shape index (κ1) is 17.5. The second-order valence-electron chi connectivity index (χ2n) is 6.44. The molecule has 1 atom stereocenters. The van der Waals surface area contributed by atoms with Gasteiger partial charge in [-0.05, 0) is 45.4 Å². The molecule has 0 bridgehead atoms. The Morgan fingerprint density at radius 1 is 1.24 bits per heavy atom. The van der Waals surface area contributed by atoms with Crippen LogP contribution in [0.2, 0.25) is 0 Å². The zero-order valence-corrected chi connectivity index (χ0v) is 14.0. The monoisotopic (exact) mass is 292 g/mol. The molecule has 0 saturated carbocycles. The van der Waals surface area contributed by atoms with Gasteiger partial charge in [0.1, 0.15) is 0 Å². The minimum atomic E-state index is -0.157. The lowest BCUT2D eigenvalue weighted by Crippen LogP contribution is -2.31. The van der Waals surface area contributed by atoms with Gasteiger partial charge in [-0.2, -0.15) is 0 Å². The summed E-state index contributed by atoms with van der Waals surface area (Å²) in [4.78, 5) is 11.7. The van der Waals surface area contributed by atoms with Gasteiger partial charge in [0.05, 0.1) is 5.60 Å². The predicted molar refractivity (Wildman–Crippen MR) is 88.7 cm³/mol. The molecule has 0 spiro atoms.